The lowest BCUT2D eigenvalue weighted by Crippen LogP contribution is -2.05. The Morgan fingerprint density at radius 3 is 1.60 bits per heavy atom. The molecule has 4 N–H and O–H groups in total. The molecule has 0 heterocycles. The quantitative estimate of drug-likeness (QED) is 0.298. The van der Waals surface area contributed by atoms with Crippen LogP contribution in [0.3, 0.4) is 0 Å². The van der Waals surface area contributed by atoms with Crippen LogP contribution in [0.1, 0.15) is 0 Å². The third kappa shape index (κ3) is 297. The summed E-state index contributed by atoms with van der Waals surface area (Å²) in [6.07, 6.45) is 4.45. The molecule has 0 saturated carbocycles. The van der Waals surface area contributed by atoms with Crippen molar-refractivity contribution in [3.8, 4) is 12.3 Å². The molecule has 0 aliphatic carbocycles. The molecule has 0 spiro atoms. The van der Waals surface area contributed by atoms with Crippen LogP contribution >= 0.6 is 0 Å². The van der Waals surface area contributed by atoms with Gasteiger partial charge in [0.2, 0.25) is 0 Å². The molecule has 0 unspecified atom stereocenters. The number of hydrogen-bond donors (Lipinski definition) is 3. The summed E-state index contributed by atoms with van der Waals surface area (Å²) in [6, 6.07) is 0. The lowest BCUT2D eigenvalue weighted by atomic mass is 10.7. The summed E-state index contributed by atoms with van der Waals surface area (Å²) in [7, 11) is -4.67. The summed E-state index contributed by atoms with van der Waals surface area (Å²) in [6.45, 7) is 0. The van der Waals surface area contributed by atoms with E-state index in [1.54, 1.807) is 5.92 Å². The number of nitrogens with two attached hydrogens (primary N) is 1. The van der Waals surface area contributed by atoms with E-state index in [2.05, 4.69) is 12.2 Å². The van der Waals surface area contributed by atoms with Gasteiger partial charge in [-0.05, 0) is 5.92 Å². The van der Waals surface area contributed by atoms with Crippen molar-refractivity contribution in [1.82, 2.24) is 0 Å². The number of terminal acetylenes is 1. The van der Waals surface area contributed by atoms with Gasteiger partial charge < -0.3 is 5.73 Å². The van der Waals surface area contributed by atoms with E-state index >= 15 is 0 Å². The Hall–Kier alpha value is -1.10. The average molecular weight is 167 g/mol. The van der Waals surface area contributed by atoms with E-state index in [0.717, 1.165) is 0 Å². The van der Waals surface area contributed by atoms with E-state index < -0.39 is 16.3 Å². The highest BCUT2D eigenvalue weighted by Crippen LogP contribution is 1.59. The lowest BCUT2D eigenvalue weighted by Gasteiger charge is -1.68. The van der Waals surface area contributed by atoms with Gasteiger partial charge in [0.15, 0.2) is 0 Å². The zero-order valence-corrected chi connectivity index (χ0v) is 5.50. The molecule has 0 fully saturated rings. The molecule has 0 aliphatic heterocycles. The second-order valence-electron chi connectivity index (χ2n) is 0.956. The van der Waals surface area contributed by atoms with Crippen molar-refractivity contribution < 1.29 is 22.3 Å². The van der Waals surface area contributed by atoms with Gasteiger partial charge in [-0.15, -0.1) is 6.42 Å². The first-order chi connectivity index (χ1) is 4.27. The summed E-state index contributed by atoms with van der Waals surface area (Å²) in [5.74, 6) is 0.949. The van der Waals surface area contributed by atoms with E-state index in [4.69, 9.17) is 17.5 Å². The first kappa shape index (κ1) is 11.7. The minimum absolute atomic E-state index is 0.718. The second kappa shape index (κ2) is 4.75. The zero-order valence-electron chi connectivity index (χ0n) is 4.68. The van der Waals surface area contributed by atoms with Crippen molar-refractivity contribution in [3.05, 3.63) is 0 Å². The van der Waals surface area contributed by atoms with E-state index in [1.807, 2.05) is 0 Å². The molecule has 6 nitrogen and oxygen atoms in total. The van der Waals surface area contributed by atoms with Crippen LogP contribution in [-0.4, -0.2) is 23.4 Å². The Morgan fingerprint density at radius 1 is 1.50 bits per heavy atom. The van der Waals surface area contributed by atoms with Crippen molar-refractivity contribution in [2.45, 2.75) is 0 Å². The van der Waals surface area contributed by atoms with E-state index in [0.29, 0.717) is 0 Å². The first-order valence-corrected chi connectivity index (χ1v) is 3.13. The molecule has 0 aromatic heterocycles. The van der Waals surface area contributed by atoms with E-state index in [1.165, 1.54) is 0 Å². The fourth-order valence-electron chi connectivity index (χ4n) is 0. The lowest BCUT2D eigenvalue weighted by molar-refractivity contribution is -0.112. The standard InChI is InChI=1S/C3H3NO.H2O4S/c1-2-3(4)5;1-5(2,3)4/h1H,(H2,4,5);(H2,1,2,3,4). The van der Waals surface area contributed by atoms with Crippen LogP contribution in [0.25, 0.3) is 0 Å². The number of carbonyl (C=O) groups is 1. The van der Waals surface area contributed by atoms with Gasteiger partial charge in [-0.2, -0.15) is 8.42 Å². The van der Waals surface area contributed by atoms with Crippen LogP contribution in [0.4, 0.5) is 0 Å². The van der Waals surface area contributed by atoms with E-state index in [9.17, 15) is 4.79 Å². The van der Waals surface area contributed by atoms with Crippen molar-refractivity contribution in [3.63, 3.8) is 0 Å². The van der Waals surface area contributed by atoms with Crippen LogP contribution in [0.5, 0.6) is 0 Å². The maximum Gasteiger partial charge on any atom is 0.394 e. The van der Waals surface area contributed by atoms with Gasteiger partial charge in [0.25, 0.3) is 5.91 Å². The fourth-order valence-corrected chi connectivity index (χ4v) is 0. The van der Waals surface area contributed by atoms with Gasteiger partial charge in [0.05, 0.1) is 0 Å². The summed E-state index contributed by atoms with van der Waals surface area (Å²) in [5, 5.41) is 0. The Labute approximate surface area is 57.6 Å². The zero-order chi connectivity index (χ0) is 8.78. The summed E-state index contributed by atoms with van der Waals surface area (Å²) < 4.78 is 31.6. The Bertz CT molecular complexity index is 226. The highest BCUT2D eigenvalue weighted by molar-refractivity contribution is 7.79. The topological polar surface area (TPSA) is 118 Å². The third-order valence-electron chi connectivity index (χ3n) is 0.142. The molecule has 0 rings (SSSR count). The Morgan fingerprint density at radius 2 is 1.60 bits per heavy atom. The molecule has 0 bridgehead atoms. The number of primary amides is 1. The molecule has 7 heteroatoms. The van der Waals surface area contributed by atoms with Crippen LogP contribution in [0, 0.1) is 12.3 Å². The van der Waals surface area contributed by atoms with Crippen molar-refractivity contribution in [2.75, 3.05) is 0 Å². The largest absolute Gasteiger partial charge is 0.394 e. The SMILES string of the molecule is C#CC(N)=O.O=S(=O)(O)O. The molecular formula is C3H5NO5S. The van der Waals surface area contributed by atoms with Crippen LogP contribution in [0.15, 0.2) is 0 Å². The maximum absolute atomic E-state index is 9.35. The number of hydrogen-bond acceptors (Lipinski definition) is 3. The normalized spacial score (nSPS) is 8.50. The second-order valence-corrected chi connectivity index (χ2v) is 1.85. The third-order valence-corrected chi connectivity index (χ3v) is 0.142. The molecular weight excluding hydrogens is 162 g/mol. The molecule has 0 radical (unpaired) electrons. The summed E-state index contributed by atoms with van der Waals surface area (Å²) in [5.41, 5.74) is 4.42. The molecule has 0 saturated heterocycles. The predicted octanol–water partition coefficient (Wildman–Crippen LogP) is -1.55. The first-order valence-electron chi connectivity index (χ1n) is 1.73. The van der Waals surface area contributed by atoms with Crippen molar-refractivity contribution in [1.29, 1.82) is 0 Å². The van der Waals surface area contributed by atoms with Crippen molar-refractivity contribution in [2.24, 2.45) is 5.73 Å². The fraction of sp³-hybridized carbons (Fsp3) is 0. The van der Waals surface area contributed by atoms with Gasteiger partial charge in [0, 0.05) is 0 Å². The number of rotatable bonds is 0. The van der Waals surface area contributed by atoms with Crippen LogP contribution < -0.4 is 5.73 Å². The van der Waals surface area contributed by atoms with Gasteiger partial charge >= 0.3 is 10.4 Å². The van der Waals surface area contributed by atoms with Crippen molar-refractivity contribution >= 4 is 16.3 Å². The molecule has 58 valence electrons. The maximum atomic E-state index is 9.35. The summed E-state index contributed by atoms with van der Waals surface area (Å²) >= 11 is 0. The average Bonchev–Trinajstić information content (AvgIpc) is 1.61. The Kier molecular flexibility index (Phi) is 5.54. The molecule has 0 aliphatic rings. The summed E-state index contributed by atoms with van der Waals surface area (Å²) in [4.78, 5) is 9.35. The highest BCUT2D eigenvalue weighted by Gasteiger charge is 1.84. The minimum atomic E-state index is -4.67. The Balaban J connectivity index is 0. The molecule has 0 aromatic rings. The monoisotopic (exact) mass is 167 g/mol. The molecule has 10 heavy (non-hydrogen) atoms. The minimum Gasteiger partial charge on any atom is -0.359 e. The molecule has 0 aromatic carbocycles. The van der Waals surface area contributed by atoms with Crippen LogP contribution in [0.2, 0.25) is 0 Å². The van der Waals surface area contributed by atoms with E-state index in [-0.39, 0.29) is 0 Å². The smallest absolute Gasteiger partial charge is 0.359 e. The van der Waals surface area contributed by atoms with Crippen LogP contribution in [-0.2, 0) is 15.2 Å². The van der Waals surface area contributed by atoms with Gasteiger partial charge in [0.1, 0.15) is 0 Å². The van der Waals surface area contributed by atoms with Gasteiger partial charge in [-0.25, -0.2) is 0 Å². The highest BCUT2D eigenvalue weighted by atomic mass is 32.3. The van der Waals surface area contributed by atoms with Gasteiger partial charge in [-0.3, -0.25) is 13.9 Å². The number of carbonyl (C=O) groups excluding carboxylic acids is 1. The van der Waals surface area contributed by atoms with Gasteiger partial charge in [-0.1, -0.05) is 0 Å². The molecule has 0 atom stereocenters. The number of amides is 1. The molecule has 1 amide bonds. The predicted molar refractivity (Wildman–Crippen MR) is 32.2 cm³/mol.